The predicted molar refractivity (Wildman–Crippen MR) is 92.5 cm³/mol. The Balaban J connectivity index is 2.15. The van der Waals surface area contributed by atoms with Crippen LogP contribution in [-0.4, -0.2) is 30.8 Å². The van der Waals surface area contributed by atoms with E-state index in [0.29, 0.717) is 17.9 Å². The van der Waals surface area contributed by atoms with Gasteiger partial charge in [0, 0.05) is 24.6 Å². The van der Waals surface area contributed by atoms with E-state index in [9.17, 15) is 9.18 Å². The van der Waals surface area contributed by atoms with Crippen molar-refractivity contribution in [2.45, 2.75) is 26.3 Å². The van der Waals surface area contributed by atoms with Gasteiger partial charge in [-0.15, -0.1) is 0 Å². The summed E-state index contributed by atoms with van der Waals surface area (Å²) in [6.45, 7) is 4.33. The van der Waals surface area contributed by atoms with Crippen LogP contribution in [0.1, 0.15) is 18.9 Å². The summed E-state index contributed by atoms with van der Waals surface area (Å²) in [6, 6.07) is 6.62. The van der Waals surface area contributed by atoms with Gasteiger partial charge in [0.15, 0.2) is 0 Å². The highest BCUT2D eigenvalue weighted by Crippen LogP contribution is 2.25. The van der Waals surface area contributed by atoms with Crippen LogP contribution in [0, 0.1) is 12.7 Å². The molecule has 1 atom stereocenters. The van der Waals surface area contributed by atoms with Crippen LogP contribution in [-0.2, 0) is 4.74 Å². The number of carbonyl (C=O) groups excluding carboxylic acids is 1. The first-order valence-corrected chi connectivity index (χ1v) is 7.81. The maximum absolute atomic E-state index is 13.3. The number of nitrogens with one attached hydrogen (secondary N) is 2. The normalized spacial score (nSPS) is 11.8. The molecule has 2 aromatic rings. The first kappa shape index (κ1) is 17.9. The molecule has 5 nitrogen and oxygen atoms in total. The number of aryl methyl sites for hydroxylation is 1. The maximum atomic E-state index is 13.3. The molecule has 1 aromatic carbocycles. The summed E-state index contributed by atoms with van der Waals surface area (Å²) in [5, 5.41) is 5.70. The zero-order chi connectivity index (χ0) is 17.5. The van der Waals surface area contributed by atoms with Crippen LogP contribution in [0.3, 0.4) is 0 Å². The summed E-state index contributed by atoms with van der Waals surface area (Å²) in [4.78, 5) is 16.0. The fraction of sp³-hybridized carbons (Fsp3) is 0.333. The molecule has 0 fully saturated rings. The zero-order valence-corrected chi connectivity index (χ0v) is 14.1. The third-order valence-corrected chi connectivity index (χ3v) is 3.72. The predicted octanol–water partition coefficient (Wildman–Crippen LogP) is 3.74. The molecule has 0 aliphatic carbocycles. The lowest BCUT2D eigenvalue weighted by molar-refractivity contribution is 0.165. The fourth-order valence-corrected chi connectivity index (χ4v) is 2.31. The number of aromatic nitrogens is 1. The van der Waals surface area contributed by atoms with Crippen LogP contribution >= 0.6 is 0 Å². The Morgan fingerprint density at radius 2 is 2.08 bits per heavy atom. The lowest BCUT2D eigenvalue weighted by Crippen LogP contribution is -2.40. The number of urea groups is 1. The zero-order valence-electron chi connectivity index (χ0n) is 14.1. The van der Waals surface area contributed by atoms with E-state index in [-0.39, 0.29) is 12.1 Å². The Hall–Kier alpha value is -2.47. The molecule has 0 aliphatic heterocycles. The quantitative estimate of drug-likeness (QED) is 0.847. The molecule has 1 unspecified atom stereocenters. The second kappa shape index (κ2) is 8.40. The summed E-state index contributed by atoms with van der Waals surface area (Å²) in [5.41, 5.74) is 3.02. The van der Waals surface area contributed by atoms with Crippen LogP contribution in [0.5, 0.6) is 0 Å². The summed E-state index contributed by atoms with van der Waals surface area (Å²) in [7, 11) is 1.60. The molecule has 0 aliphatic rings. The molecule has 128 valence electrons. The van der Waals surface area contributed by atoms with Crippen molar-refractivity contribution in [1.82, 2.24) is 10.3 Å². The van der Waals surface area contributed by atoms with Gasteiger partial charge in [0.05, 0.1) is 18.8 Å². The molecule has 24 heavy (non-hydrogen) atoms. The summed E-state index contributed by atoms with van der Waals surface area (Å²) >= 11 is 0. The number of methoxy groups -OCH3 is 1. The molecule has 1 aromatic heterocycles. The number of ether oxygens (including phenoxy) is 1. The van der Waals surface area contributed by atoms with Gasteiger partial charge in [0.25, 0.3) is 0 Å². The Morgan fingerprint density at radius 3 is 2.75 bits per heavy atom. The molecule has 0 saturated heterocycles. The molecule has 0 bridgehead atoms. The highest BCUT2D eigenvalue weighted by Gasteiger charge is 2.12. The Morgan fingerprint density at radius 1 is 1.29 bits per heavy atom. The van der Waals surface area contributed by atoms with Crippen molar-refractivity contribution < 1.29 is 13.9 Å². The van der Waals surface area contributed by atoms with E-state index in [1.165, 1.54) is 6.07 Å². The van der Waals surface area contributed by atoms with E-state index in [2.05, 4.69) is 15.6 Å². The van der Waals surface area contributed by atoms with E-state index in [4.69, 9.17) is 4.74 Å². The maximum Gasteiger partial charge on any atom is 0.319 e. The minimum atomic E-state index is -0.398. The topological polar surface area (TPSA) is 63.2 Å². The van der Waals surface area contributed by atoms with Gasteiger partial charge in [-0.2, -0.15) is 0 Å². The van der Waals surface area contributed by atoms with E-state index in [1.807, 2.05) is 32.0 Å². The molecule has 0 spiro atoms. The van der Waals surface area contributed by atoms with Gasteiger partial charge in [-0.1, -0.05) is 19.1 Å². The second-order valence-corrected chi connectivity index (χ2v) is 5.58. The van der Waals surface area contributed by atoms with E-state index >= 15 is 0 Å². The van der Waals surface area contributed by atoms with Crippen LogP contribution in [0.4, 0.5) is 14.9 Å². The minimum Gasteiger partial charge on any atom is -0.383 e. The number of benzene rings is 1. The Labute approximate surface area is 141 Å². The average molecular weight is 331 g/mol. The minimum absolute atomic E-state index is 0.0501. The molecule has 2 amide bonds. The van der Waals surface area contributed by atoms with Gasteiger partial charge in [0.2, 0.25) is 0 Å². The number of rotatable bonds is 6. The molecular formula is C18H22FN3O2. The third-order valence-electron chi connectivity index (χ3n) is 3.72. The van der Waals surface area contributed by atoms with E-state index in [1.54, 1.807) is 13.3 Å². The lowest BCUT2D eigenvalue weighted by atomic mass is 10.0. The number of pyridine rings is 1. The first-order valence-electron chi connectivity index (χ1n) is 7.81. The summed E-state index contributed by atoms with van der Waals surface area (Å²) in [5.74, 6) is -0.398. The van der Waals surface area contributed by atoms with Crippen molar-refractivity contribution in [3.05, 3.63) is 48.0 Å². The van der Waals surface area contributed by atoms with Crippen molar-refractivity contribution in [2.75, 3.05) is 19.0 Å². The van der Waals surface area contributed by atoms with Crippen molar-refractivity contribution in [2.24, 2.45) is 0 Å². The average Bonchev–Trinajstić information content (AvgIpc) is 2.56. The van der Waals surface area contributed by atoms with Crippen molar-refractivity contribution in [3.8, 4) is 11.1 Å². The van der Waals surface area contributed by atoms with Crippen LogP contribution in [0.25, 0.3) is 11.1 Å². The molecule has 2 N–H and O–H groups in total. The van der Waals surface area contributed by atoms with E-state index < -0.39 is 5.82 Å². The molecule has 2 rings (SSSR count). The van der Waals surface area contributed by atoms with Gasteiger partial charge in [-0.25, -0.2) is 9.18 Å². The molecule has 0 saturated carbocycles. The highest BCUT2D eigenvalue weighted by atomic mass is 19.1. The number of hydrogen-bond donors (Lipinski definition) is 2. The number of carbonyl (C=O) groups is 1. The smallest absolute Gasteiger partial charge is 0.319 e. The molecule has 0 radical (unpaired) electrons. The molecule has 6 heteroatoms. The second-order valence-electron chi connectivity index (χ2n) is 5.58. The summed E-state index contributed by atoms with van der Waals surface area (Å²) < 4.78 is 18.4. The number of nitrogens with zero attached hydrogens (tertiary/aromatic N) is 1. The molecule has 1 heterocycles. The van der Waals surface area contributed by atoms with E-state index in [0.717, 1.165) is 23.7 Å². The van der Waals surface area contributed by atoms with Crippen LogP contribution in [0.15, 0.2) is 36.7 Å². The monoisotopic (exact) mass is 331 g/mol. The standard InChI is InChI=1S/C18H22FN3O2/c1-4-16(11-24-3)21-18(23)22-17-8-13(6-5-12(17)2)14-7-15(19)10-20-9-14/h5-10,16H,4,11H2,1-3H3,(H2,21,22,23). The van der Waals surface area contributed by atoms with Crippen LogP contribution < -0.4 is 10.6 Å². The first-order chi connectivity index (χ1) is 11.5. The van der Waals surface area contributed by atoms with Crippen molar-refractivity contribution in [3.63, 3.8) is 0 Å². The number of hydrogen-bond acceptors (Lipinski definition) is 3. The van der Waals surface area contributed by atoms with Crippen LogP contribution in [0.2, 0.25) is 0 Å². The van der Waals surface area contributed by atoms with Crippen molar-refractivity contribution in [1.29, 1.82) is 0 Å². The van der Waals surface area contributed by atoms with Gasteiger partial charge in [-0.05, 0) is 36.6 Å². The van der Waals surface area contributed by atoms with Gasteiger partial charge >= 0.3 is 6.03 Å². The third kappa shape index (κ3) is 4.76. The SMILES string of the molecule is CCC(COC)NC(=O)Nc1cc(-c2cncc(F)c2)ccc1C. The van der Waals surface area contributed by atoms with Crippen molar-refractivity contribution >= 4 is 11.7 Å². The Bertz CT molecular complexity index is 706. The Kier molecular flexibility index (Phi) is 6.26. The number of amides is 2. The summed E-state index contributed by atoms with van der Waals surface area (Å²) in [6.07, 6.45) is 3.52. The highest BCUT2D eigenvalue weighted by molar-refractivity contribution is 5.91. The van der Waals surface area contributed by atoms with Gasteiger partial charge < -0.3 is 15.4 Å². The fourth-order valence-electron chi connectivity index (χ4n) is 2.31. The lowest BCUT2D eigenvalue weighted by Gasteiger charge is -2.17. The largest absolute Gasteiger partial charge is 0.383 e. The van der Waals surface area contributed by atoms with Gasteiger partial charge in [0.1, 0.15) is 5.82 Å². The number of halogens is 1. The number of anilines is 1. The molecular weight excluding hydrogens is 309 g/mol. The van der Waals surface area contributed by atoms with Gasteiger partial charge in [-0.3, -0.25) is 4.98 Å².